The van der Waals surface area contributed by atoms with Crippen molar-refractivity contribution in [1.29, 1.82) is 0 Å². The van der Waals surface area contributed by atoms with Crippen molar-refractivity contribution in [3.63, 3.8) is 0 Å². The van der Waals surface area contributed by atoms with Crippen LogP contribution < -0.4 is 5.32 Å². The number of alkyl halides is 2. The first kappa shape index (κ1) is 17.4. The van der Waals surface area contributed by atoms with Crippen molar-refractivity contribution < 1.29 is 14.5 Å². The maximum Gasteiger partial charge on any atom is 0.407 e. The topological polar surface area (TPSA) is 81.5 Å². The van der Waals surface area contributed by atoms with Gasteiger partial charge in [0.25, 0.3) is 0 Å². The van der Waals surface area contributed by atoms with Crippen LogP contribution in [-0.2, 0) is 4.74 Å². The molecule has 6 nitrogen and oxygen atoms in total. The van der Waals surface area contributed by atoms with E-state index in [9.17, 15) is 14.9 Å². The minimum Gasteiger partial charge on any atom is -0.450 e. The first-order chi connectivity index (χ1) is 9.28. The molecule has 9 heteroatoms. The molecule has 1 amide bonds. The first-order valence-electron chi connectivity index (χ1n) is 5.50. The molecule has 0 saturated heterocycles. The van der Waals surface area contributed by atoms with E-state index in [0.29, 0.717) is 5.56 Å². The summed E-state index contributed by atoms with van der Waals surface area (Å²) in [6.45, 7) is 1.83. The normalized spacial score (nSPS) is 12.6. The zero-order valence-electron chi connectivity index (χ0n) is 10.3. The Labute approximate surface area is 140 Å². The Kier molecular flexibility index (Phi) is 6.41. The van der Waals surface area contributed by atoms with Gasteiger partial charge in [-0.05, 0) is 24.6 Å². The van der Waals surface area contributed by atoms with Crippen molar-refractivity contribution in [2.45, 2.75) is 16.3 Å². The van der Waals surface area contributed by atoms with Crippen LogP contribution in [-0.4, -0.2) is 21.0 Å². The van der Waals surface area contributed by atoms with Gasteiger partial charge in [0.1, 0.15) is 6.04 Å². The van der Waals surface area contributed by atoms with Crippen LogP contribution in [0.1, 0.15) is 18.5 Å². The summed E-state index contributed by atoms with van der Waals surface area (Å²) in [7, 11) is 0. The highest BCUT2D eigenvalue weighted by atomic mass is 79.9. The van der Waals surface area contributed by atoms with Gasteiger partial charge in [-0.15, -0.1) is 0 Å². The molecule has 1 N–H and O–H groups in total. The van der Waals surface area contributed by atoms with Crippen LogP contribution in [0.5, 0.6) is 0 Å². The molecule has 0 radical (unpaired) electrons. The van der Waals surface area contributed by atoms with Crippen molar-refractivity contribution in [1.82, 2.24) is 5.32 Å². The number of rotatable bonds is 5. The number of halogens is 3. The summed E-state index contributed by atoms with van der Waals surface area (Å²) < 4.78 is 3.86. The van der Waals surface area contributed by atoms with Gasteiger partial charge in [-0.3, -0.25) is 10.1 Å². The fraction of sp³-hybridized carbons (Fsp3) is 0.364. The summed E-state index contributed by atoms with van der Waals surface area (Å²) >= 11 is 9.25. The third kappa shape index (κ3) is 4.42. The molecular formula is C11H11Br3N2O4. The maximum atomic E-state index is 11.6. The summed E-state index contributed by atoms with van der Waals surface area (Å²) in [5.41, 5.74) is 0.548. The molecule has 1 atom stereocenters. The van der Waals surface area contributed by atoms with E-state index in [1.54, 1.807) is 31.2 Å². The highest BCUT2D eigenvalue weighted by Gasteiger charge is 2.47. The number of benzene rings is 1. The predicted molar refractivity (Wildman–Crippen MR) is 84.6 cm³/mol. The van der Waals surface area contributed by atoms with Gasteiger partial charge in [-0.2, -0.15) is 0 Å². The number of hydrogen-bond acceptors (Lipinski definition) is 4. The lowest BCUT2D eigenvalue weighted by molar-refractivity contribution is -0.509. The van der Waals surface area contributed by atoms with E-state index in [4.69, 9.17) is 4.74 Å². The number of hydrogen-bond donors (Lipinski definition) is 1. The minimum absolute atomic E-state index is 0.176. The fourth-order valence-corrected chi connectivity index (χ4v) is 2.44. The average molecular weight is 475 g/mol. The summed E-state index contributed by atoms with van der Waals surface area (Å²) in [6.07, 6.45) is -0.731. The van der Waals surface area contributed by atoms with E-state index in [0.717, 1.165) is 4.47 Å². The molecule has 0 aromatic heterocycles. The second-order valence-corrected chi connectivity index (χ2v) is 8.09. The molecule has 0 spiro atoms. The van der Waals surface area contributed by atoms with E-state index in [1.165, 1.54) is 0 Å². The van der Waals surface area contributed by atoms with Gasteiger partial charge >= 0.3 is 9.45 Å². The smallest absolute Gasteiger partial charge is 0.407 e. The van der Waals surface area contributed by atoms with Crippen LogP contribution in [0.3, 0.4) is 0 Å². The van der Waals surface area contributed by atoms with E-state index in [-0.39, 0.29) is 6.61 Å². The number of alkyl carbamates (subject to hydrolysis) is 1. The molecular weight excluding hydrogens is 464 g/mol. The molecule has 0 fully saturated rings. The highest BCUT2D eigenvalue weighted by Crippen LogP contribution is 2.40. The standard InChI is InChI=1S/C11H11Br3N2O4/c1-2-20-10(17)15-9(11(13,14)16(18)19)7-3-5-8(12)6-4-7/h3-6,9H,2H2,1H3,(H,15,17). The Morgan fingerprint density at radius 1 is 1.45 bits per heavy atom. The molecule has 0 aliphatic carbocycles. The van der Waals surface area contributed by atoms with Gasteiger partial charge in [-0.25, -0.2) is 4.79 Å². The second kappa shape index (κ2) is 7.37. The Balaban J connectivity index is 3.10. The zero-order chi connectivity index (χ0) is 15.3. The number of ether oxygens (including phenoxy) is 1. The van der Waals surface area contributed by atoms with E-state index in [1.807, 2.05) is 0 Å². The lowest BCUT2D eigenvalue weighted by Crippen LogP contribution is -2.43. The Hall–Kier alpha value is -0.670. The van der Waals surface area contributed by atoms with Crippen LogP contribution >= 0.6 is 47.8 Å². The van der Waals surface area contributed by atoms with Crippen LogP contribution in [0.15, 0.2) is 28.7 Å². The number of nitrogens with one attached hydrogen (secondary N) is 1. The first-order valence-corrected chi connectivity index (χ1v) is 7.88. The molecule has 20 heavy (non-hydrogen) atoms. The minimum atomic E-state index is -1.74. The quantitative estimate of drug-likeness (QED) is 0.303. The van der Waals surface area contributed by atoms with Crippen molar-refractivity contribution >= 4 is 53.9 Å². The summed E-state index contributed by atoms with van der Waals surface area (Å²) in [4.78, 5) is 22.1. The third-order valence-corrected chi connectivity index (χ3v) is 4.36. The molecule has 0 aliphatic heterocycles. The molecule has 1 aromatic carbocycles. The van der Waals surface area contributed by atoms with Gasteiger partial charge < -0.3 is 10.1 Å². The van der Waals surface area contributed by atoms with Gasteiger partial charge in [0.15, 0.2) is 0 Å². The second-order valence-electron chi connectivity index (χ2n) is 3.69. The van der Waals surface area contributed by atoms with Gasteiger partial charge in [-0.1, -0.05) is 28.1 Å². The van der Waals surface area contributed by atoms with E-state index < -0.39 is 20.4 Å². The summed E-state index contributed by atoms with van der Waals surface area (Å²) in [5, 5.41) is 13.6. The summed E-state index contributed by atoms with van der Waals surface area (Å²) in [5.74, 6) is 0. The van der Waals surface area contributed by atoms with Gasteiger partial charge in [0.2, 0.25) is 0 Å². The number of amides is 1. The lowest BCUT2D eigenvalue weighted by atomic mass is 10.1. The predicted octanol–water partition coefficient (Wildman–Crippen LogP) is 3.96. The van der Waals surface area contributed by atoms with Crippen molar-refractivity contribution in [3.05, 3.63) is 44.4 Å². The highest BCUT2D eigenvalue weighted by molar-refractivity contribution is 9.25. The molecule has 1 unspecified atom stereocenters. The Morgan fingerprint density at radius 2 is 2.00 bits per heavy atom. The van der Waals surface area contributed by atoms with Crippen molar-refractivity contribution in [2.75, 3.05) is 6.61 Å². The third-order valence-electron chi connectivity index (χ3n) is 2.33. The summed E-state index contributed by atoms with van der Waals surface area (Å²) in [6, 6.07) is 5.84. The molecule has 1 aromatic rings. The Bertz CT molecular complexity index is 493. The van der Waals surface area contributed by atoms with E-state index >= 15 is 0 Å². The number of carbonyl (C=O) groups is 1. The zero-order valence-corrected chi connectivity index (χ0v) is 15.1. The van der Waals surface area contributed by atoms with E-state index in [2.05, 4.69) is 53.1 Å². The number of nitro groups is 1. The van der Waals surface area contributed by atoms with Gasteiger partial charge in [0.05, 0.1) is 11.5 Å². The SMILES string of the molecule is CCOC(=O)NC(c1ccc(Br)cc1)C(Br)(Br)[N+](=O)[O-]. The molecule has 110 valence electrons. The molecule has 0 saturated carbocycles. The van der Waals surface area contributed by atoms with Crippen LogP contribution in [0, 0.1) is 10.1 Å². The molecule has 0 aliphatic rings. The maximum absolute atomic E-state index is 11.6. The largest absolute Gasteiger partial charge is 0.450 e. The number of nitrogens with zero attached hydrogens (tertiary/aromatic N) is 1. The van der Waals surface area contributed by atoms with Gasteiger partial charge in [0, 0.05) is 36.3 Å². The Morgan fingerprint density at radius 3 is 2.45 bits per heavy atom. The fourth-order valence-electron chi connectivity index (χ4n) is 1.42. The number of carbonyl (C=O) groups excluding carboxylic acids is 1. The molecule has 0 bridgehead atoms. The van der Waals surface area contributed by atoms with Crippen molar-refractivity contribution in [3.8, 4) is 0 Å². The average Bonchev–Trinajstić information content (AvgIpc) is 2.37. The lowest BCUT2D eigenvalue weighted by Gasteiger charge is -2.24. The van der Waals surface area contributed by atoms with Crippen LogP contribution in [0.2, 0.25) is 0 Å². The van der Waals surface area contributed by atoms with Crippen molar-refractivity contribution in [2.24, 2.45) is 0 Å². The molecule has 1 rings (SSSR count). The van der Waals surface area contributed by atoms with Crippen LogP contribution in [0.25, 0.3) is 0 Å². The monoisotopic (exact) mass is 472 g/mol. The van der Waals surface area contributed by atoms with Crippen LogP contribution in [0.4, 0.5) is 4.79 Å². The molecule has 0 heterocycles.